The van der Waals surface area contributed by atoms with Crippen LogP contribution in [-0.4, -0.2) is 55.9 Å². The molecule has 2 unspecified atom stereocenters. The first-order chi connectivity index (χ1) is 11.6. The fourth-order valence-electron chi connectivity index (χ4n) is 3.51. The van der Waals surface area contributed by atoms with Gasteiger partial charge < -0.3 is 15.0 Å². The van der Waals surface area contributed by atoms with Crippen molar-refractivity contribution in [2.75, 3.05) is 33.3 Å². The molecule has 3 rings (SSSR count). The SMILES string of the molecule is COC(=O)CCN1CCC(F)(CNC2CC2c2ccccc2)CC1. The van der Waals surface area contributed by atoms with E-state index in [1.165, 1.54) is 12.7 Å². The third kappa shape index (κ3) is 4.54. The number of esters is 1. The second kappa shape index (κ2) is 7.62. The lowest BCUT2D eigenvalue weighted by atomic mass is 9.93. The summed E-state index contributed by atoms with van der Waals surface area (Å²) < 4.78 is 19.6. The van der Waals surface area contributed by atoms with E-state index in [0.29, 0.717) is 57.4 Å². The molecule has 0 aromatic heterocycles. The molecule has 1 aliphatic heterocycles. The molecule has 1 aromatic carbocycles. The van der Waals surface area contributed by atoms with Gasteiger partial charge in [0.15, 0.2) is 0 Å². The Balaban J connectivity index is 1.37. The third-order valence-electron chi connectivity index (χ3n) is 5.31. The van der Waals surface area contributed by atoms with Gasteiger partial charge in [-0.05, 0) is 24.8 Å². The molecule has 1 N–H and O–H groups in total. The minimum absolute atomic E-state index is 0.200. The van der Waals surface area contributed by atoms with Crippen molar-refractivity contribution in [2.24, 2.45) is 0 Å². The van der Waals surface area contributed by atoms with Gasteiger partial charge in [0, 0.05) is 38.1 Å². The van der Waals surface area contributed by atoms with E-state index in [0.717, 1.165) is 6.42 Å². The van der Waals surface area contributed by atoms with Crippen LogP contribution < -0.4 is 5.32 Å². The third-order valence-corrected chi connectivity index (χ3v) is 5.31. The molecular formula is C19H27FN2O2. The average molecular weight is 334 g/mol. The highest BCUT2D eigenvalue weighted by Crippen LogP contribution is 2.41. The molecule has 2 fully saturated rings. The first-order valence-electron chi connectivity index (χ1n) is 8.86. The first-order valence-corrected chi connectivity index (χ1v) is 8.86. The Morgan fingerprint density at radius 2 is 2.04 bits per heavy atom. The Kier molecular flexibility index (Phi) is 5.51. The lowest BCUT2D eigenvalue weighted by Crippen LogP contribution is -2.48. The fourth-order valence-corrected chi connectivity index (χ4v) is 3.51. The number of ether oxygens (including phenoxy) is 1. The van der Waals surface area contributed by atoms with Crippen molar-refractivity contribution in [1.29, 1.82) is 0 Å². The fraction of sp³-hybridized carbons (Fsp3) is 0.632. The number of halogens is 1. The van der Waals surface area contributed by atoms with Crippen LogP contribution in [0.25, 0.3) is 0 Å². The number of alkyl halides is 1. The van der Waals surface area contributed by atoms with Crippen molar-refractivity contribution in [3.63, 3.8) is 0 Å². The maximum atomic E-state index is 14.9. The van der Waals surface area contributed by atoms with Gasteiger partial charge in [-0.3, -0.25) is 4.79 Å². The highest BCUT2D eigenvalue weighted by Gasteiger charge is 2.41. The maximum Gasteiger partial charge on any atom is 0.306 e. The molecule has 24 heavy (non-hydrogen) atoms. The van der Waals surface area contributed by atoms with Gasteiger partial charge in [0.2, 0.25) is 0 Å². The number of hydrogen-bond acceptors (Lipinski definition) is 4. The number of carbonyl (C=O) groups is 1. The minimum atomic E-state index is -1.12. The molecule has 1 saturated heterocycles. The van der Waals surface area contributed by atoms with Crippen LogP contribution in [0.1, 0.15) is 37.2 Å². The minimum Gasteiger partial charge on any atom is -0.469 e. The Labute approximate surface area is 143 Å². The summed E-state index contributed by atoms with van der Waals surface area (Å²) >= 11 is 0. The van der Waals surface area contributed by atoms with Crippen molar-refractivity contribution < 1.29 is 13.9 Å². The molecule has 0 spiro atoms. The van der Waals surface area contributed by atoms with E-state index in [2.05, 4.69) is 39.2 Å². The molecule has 132 valence electrons. The maximum absolute atomic E-state index is 14.9. The van der Waals surface area contributed by atoms with Crippen LogP contribution in [0, 0.1) is 0 Å². The van der Waals surface area contributed by atoms with Gasteiger partial charge in [0.05, 0.1) is 13.5 Å². The Morgan fingerprint density at radius 3 is 2.71 bits per heavy atom. The monoisotopic (exact) mass is 334 g/mol. The highest BCUT2D eigenvalue weighted by atomic mass is 19.1. The number of piperidine rings is 1. The highest BCUT2D eigenvalue weighted by molar-refractivity contribution is 5.69. The van der Waals surface area contributed by atoms with Gasteiger partial charge in [-0.1, -0.05) is 30.3 Å². The number of benzene rings is 1. The number of likely N-dealkylation sites (tertiary alicyclic amines) is 1. The van der Waals surface area contributed by atoms with Crippen LogP contribution in [0.4, 0.5) is 4.39 Å². The molecule has 4 nitrogen and oxygen atoms in total. The van der Waals surface area contributed by atoms with Gasteiger partial charge in [0.25, 0.3) is 0 Å². The van der Waals surface area contributed by atoms with E-state index in [1.54, 1.807) is 0 Å². The predicted octanol–water partition coefficient (Wildman–Crippen LogP) is 2.50. The molecule has 1 heterocycles. The number of methoxy groups -OCH3 is 1. The molecule has 0 bridgehead atoms. The van der Waals surface area contributed by atoms with Crippen LogP contribution >= 0.6 is 0 Å². The molecule has 2 aliphatic rings. The summed E-state index contributed by atoms with van der Waals surface area (Å²) in [6.45, 7) is 2.52. The number of nitrogens with one attached hydrogen (secondary N) is 1. The molecule has 2 atom stereocenters. The molecule has 0 radical (unpaired) electrons. The van der Waals surface area contributed by atoms with E-state index >= 15 is 0 Å². The summed E-state index contributed by atoms with van der Waals surface area (Å²) in [6.07, 6.45) is 2.55. The standard InChI is InChI=1S/C19H27FN2O2/c1-24-18(23)7-10-22-11-8-19(20,9-12-22)14-21-17-13-16(17)15-5-3-2-4-6-15/h2-6,16-17,21H,7-14H2,1H3. The van der Waals surface area contributed by atoms with Crippen molar-refractivity contribution in [3.05, 3.63) is 35.9 Å². The smallest absolute Gasteiger partial charge is 0.306 e. The summed E-state index contributed by atoms with van der Waals surface area (Å²) in [5.74, 6) is 0.337. The summed E-state index contributed by atoms with van der Waals surface area (Å²) in [5, 5.41) is 3.42. The quantitative estimate of drug-likeness (QED) is 0.778. The second-order valence-electron chi connectivity index (χ2n) is 7.06. The molecular weight excluding hydrogens is 307 g/mol. The van der Waals surface area contributed by atoms with E-state index in [1.807, 2.05) is 6.07 Å². The largest absolute Gasteiger partial charge is 0.469 e. The normalized spacial score (nSPS) is 26.1. The van der Waals surface area contributed by atoms with Gasteiger partial charge in [0.1, 0.15) is 5.67 Å². The molecule has 0 amide bonds. The lowest BCUT2D eigenvalue weighted by Gasteiger charge is -2.36. The summed E-state index contributed by atoms with van der Waals surface area (Å²) in [4.78, 5) is 13.3. The van der Waals surface area contributed by atoms with Crippen LogP contribution in [0.2, 0.25) is 0 Å². The Bertz CT molecular complexity index is 544. The number of carbonyl (C=O) groups excluding carboxylic acids is 1. The van der Waals surface area contributed by atoms with Crippen molar-refractivity contribution in [1.82, 2.24) is 10.2 Å². The zero-order valence-corrected chi connectivity index (χ0v) is 14.3. The van der Waals surface area contributed by atoms with Crippen molar-refractivity contribution in [2.45, 2.75) is 43.3 Å². The van der Waals surface area contributed by atoms with E-state index in [9.17, 15) is 9.18 Å². The van der Waals surface area contributed by atoms with Gasteiger partial charge in [-0.2, -0.15) is 0 Å². The van der Waals surface area contributed by atoms with E-state index in [4.69, 9.17) is 0 Å². The summed E-state index contributed by atoms with van der Waals surface area (Å²) in [7, 11) is 1.40. The zero-order valence-electron chi connectivity index (χ0n) is 14.3. The molecule has 5 heteroatoms. The van der Waals surface area contributed by atoms with E-state index < -0.39 is 5.67 Å². The van der Waals surface area contributed by atoms with Crippen molar-refractivity contribution >= 4 is 5.97 Å². The Morgan fingerprint density at radius 1 is 1.33 bits per heavy atom. The number of nitrogens with zero attached hydrogens (tertiary/aromatic N) is 1. The first kappa shape index (κ1) is 17.4. The average Bonchev–Trinajstić information content (AvgIpc) is 3.40. The predicted molar refractivity (Wildman–Crippen MR) is 91.7 cm³/mol. The van der Waals surface area contributed by atoms with Crippen molar-refractivity contribution in [3.8, 4) is 0 Å². The molecule has 1 saturated carbocycles. The van der Waals surface area contributed by atoms with Gasteiger partial charge in [-0.25, -0.2) is 4.39 Å². The van der Waals surface area contributed by atoms with Crippen LogP contribution in [0.5, 0.6) is 0 Å². The lowest BCUT2D eigenvalue weighted by molar-refractivity contribution is -0.141. The second-order valence-corrected chi connectivity index (χ2v) is 7.06. The van der Waals surface area contributed by atoms with E-state index in [-0.39, 0.29) is 5.97 Å². The topological polar surface area (TPSA) is 41.6 Å². The van der Waals surface area contributed by atoms with Crippen LogP contribution in [0.3, 0.4) is 0 Å². The number of rotatable bonds is 7. The van der Waals surface area contributed by atoms with Gasteiger partial charge >= 0.3 is 5.97 Å². The molecule has 1 aliphatic carbocycles. The van der Waals surface area contributed by atoms with Gasteiger partial charge in [-0.15, -0.1) is 0 Å². The van der Waals surface area contributed by atoms with Crippen LogP contribution in [0.15, 0.2) is 30.3 Å². The summed E-state index contributed by atoms with van der Waals surface area (Å²) in [6, 6.07) is 10.9. The zero-order chi connectivity index (χ0) is 17.0. The Hall–Kier alpha value is -1.46. The number of hydrogen-bond donors (Lipinski definition) is 1. The summed E-state index contributed by atoms with van der Waals surface area (Å²) in [5.41, 5.74) is 0.228. The molecule has 1 aromatic rings. The van der Waals surface area contributed by atoms with Crippen LogP contribution in [-0.2, 0) is 9.53 Å².